The molecule has 2 saturated heterocycles. The molecule has 0 aromatic heterocycles. The standard InChI is InChI=1S/C16H27N2.HI/c1-16(2)12-14(17-7-3-4-8-17)11-15(13-16)18-9-5-6-10-18;/h11H,3-10,12-13H2,1-2H3;1H/q+1;/p-1. The molecule has 2 heterocycles. The van der Waals surface area contributed by atoms with Crippen LogP contribution in [0.15, 0.2) is 11.8 Å². The lowest BCUT2D eigenvalue weighted by molar-refractivity contribution is -0.507. The Morgan fingerprint density at radius 2 is 1.63 bits per heavy atom. The quantitative estimate of drug-likeness (QED) is 0.464. The van der Waals surface area contributed by atoms with Crippen molar-refractivity contribution in [3.05, 3.63) is 11.8 Å². The Labute approximate surface area is 135 Å². The topological polar surface area (TPSA) is 6.25 Å². The van der Waals surface area contributed by atoms with Gasteiger partial charge in [-0.2, -0.15) is 0 Å². The molecule has 2 aliphatic heterocycles. The van der Waals surface area contributed by atoms with Crippen molar-refractivity contribution in [1.82, 2.24) is 4.90 Å². The van der Waals surface area contributed by atoms with E-state index in [1.165, 1.54) is 64.7 Å². The summed E-state index contributed by atoms with van der Waals surface area (Å²) < 4.78 is 2.64. The molecule has 0 aromatic carbocycles. The molecule has 0 atom stereocenters. The Morgan fingerprint density at radius 1 is 1.00 bits per heavy atom. The lowest BCUT2D eigenvalue weighted by Crippen LogP contribution is -3.00. The fraction of sp³-hybridized carbons (Fsp3) is 0.812. The lowest BCUT2D eigenvalue weighted by atomic mass is 9.78. The van der Waals surface area contributed by atoms with Gasteiger partial charge in [0.1, 0.15) is 13.1 Å². The number of likely N-dealkylation sites (tertiary alicyclic amines) is 1. The van der Waals surface area contributed by atoms with Gasteiger partial charge in [0.2, 0.25) is 0 Å². The van der Waals surface area contributed by atoms with E-state index in [0.29, 0.717) is 5.41 Å². The molecule has 3 aliphatic rings. The van der Waals surface area contributed by atoms with Gasteiger partial charge in [-0.1, -0.05) is 13.8 Å². The Kier molecular flexibility index (Phi) is 4.96. The highest BCUT2D eigenvalue weighted by Crippen LogP contribution is 2.36. The highest BCUT2D eigenvalue weighted by molar-refractivity contribution is 5.92. The van der Waals surface area contributed by atoms with Crippen LogP contribution in [-0.4, -0.2) is 41.4 Å². The highest BCUT2D eigenvalue weighted by Gasteiger charge is 2.34. The maximum Gasteiger partial charge on any atom is 0.178 e. The zero-order chi connectivity index (χ0) is 12.6. The molecule has 0 bridgehead atoms. The summed E-state index contributed by atoms with van der Waals surface area (Å²) in [5.74, 6) is 0. The largest absolute Gasteiger partial charge is 1.00 e. The maximum absolute atomic E-state index is 2.64. The van der Waals surface area contributed by atoms with Gasteiger partial charge in [-0.15, -0.1) is 0 Å². The van der Waals surface area contributed by atoms with E-state index in [9.17, 15) is 0 Å². The van der Waals surface area contributed by atoms with Crippen LogP contribution in [0.2, 0.25) is 0 Å². The van der Waals surface area contributed by atoms with E-state index in [0.717, 1.165) is 0 Å². The van der Waals surface area contributed by atoms with E-state index in [1.54, 1.807) is 11.4 Å². The second-order valence-electron chi connectivity index (χ2n) is 7.03. The number of hydrogen-bond donors (Lipinski definition) is 0. The molecular formula is C16H27IN2. The molecule has 0 N–H and O–H groups in total. The van der Waals surface area contributed by atoms with Crippen LogP contribution in [0.5, 0.6) is 0 Å². The molecule has 0 saturated carbocycles. The number of halogens is 1. The number of rotatable bonds is 1. The lowest BCUT2D eigenvalue weighted by Gasteiger charge is -2.34. The summed E-state index contributed by atoms with van der Waals surface area (Å²) in [6.45, 7) is 10.0. The van der Waals surface area contributed by atoms with Gasteiger partial charge in [0.05, 0.1) is 0 Å². The molecule has 2 nitrogen and oxygen atoms in total. The van der Waals surface area contributed by atoms with E-state index >= 15 is 0 Å². The third-order valence-corrected chi connectivity index (χ3v) is 4.68. The van der Waals surface area contributed by atoms with E-state index in [1.807, 2.05) is 0 Å². The van der Waals surface area contributed by atoms with Crippen LogP contribution >= 0.6 is 0 Å². The Morgan fingerprint density at radius 3 is 2.26 bits per heavy atom. The Hall–Kier alpha value is -0.0600. The van der Waals surface area contributed by atoms with Gasteiger partial charge < -0.3 is 28.9 Å². The average Bonchev–Trinajstić information content (AvgIpc) is 3.01. The van der Waals surface area contributed by atoms with Crippen LogP contribution in [-0.2, 0) is 0 Å². The zero-order valence-electron chi connectivity index (χ0n) is 12.4. The van der Waals surface area contributed by atoms with Crippen molar-refractivity contribution < 1.29 is 28.6 Å². The first-order valence-corrected chi connectivity index (χ1v) is 7.70. The van der Waals surface area contributed by atoms with Crippen molar-refractivity contribution in [3.8, 4) is 0 Å². The van der Waals surface area contributed by atoms with Gasteiger partial charge in [0, 0.05) is 44.1 Å². The summed E-state index contributed by atoms with van der Waals surface area (Å²) in [5, 5.41) is 0. The summed E-state index contributed by atoms with van der Waals surface area (Å²) in [6.07, 6.45) is 10.6. The predicted molar refractivity (Wildman–Crippen MR) is 76.1 cm³/mol. The minimum atomic E-state index is 0. The average molecular weight is 374 g/mol. The van der Waals surface area contributed by atoms with Crippen molar-refractivity contribution in [3.63, 3.8) is 0 Å². The van der Waals surface area contributed by atoms with Crippen molar-refractivity contribution >= 4 is 5.71 Å². The van der Waals surface area contributed by atoms with Crippen molar-refractivity contribution in [1.29, 1.82) is 0 Å². The van der Waals surface area contributed by atoms with Gasteiger partial charge in [-0.25, -0.2) is 4.58 Å². The fourth-order valence-electron chi connectivity index (χ4n) is 3.75. The number of allylic oxidation sites excluding steroid dienone is 2. The molecule has 2 fully saturated rings. The second-order valence-corrected chi connectivity index (χ2v) is 7.03. The Balaban J connectivity index is 0.00000133. The van der Waals surface area contributed by atoms with Crippen molar-refractivity contribution in [2.45, 2.75) is 52.4 Å². The molecule has 0 amide bonds. The van der Waals surface area contributed by atoms with Crippen LogP contribution in [0.3, 0.4) is 0 Å². The molecule has 0 radical (unpaired) electrons. The van der Waals surface area contributed by atoms with E-state index in [2.05, 4.69) is 29.4 Å². The summed E-state index contributed by atoms with van der Waals surface area (Å²) in [4.78, 5) is 2.64. The normalized spacial score (nSPS) is 26.4. The van der Waals surface area contributed by atoms with Gasteiger partial charge in [-0.05, 0) is 24.7 Å². The molecular weight excluding hydrogens is 347 g/mol. The van der Waals surface area contributed by atoms with Crippen LogP contribution in [0, 0.1) is 5.41 Å². The minimum absolute atomic E-state index is 0. The van der Waals surface area contributed by atoms with Crippen LogP contribution in [0.4, 0.5) is 0 Å². The summed E-state index contributed by atoms with van der Waals surface area (Å²) >= 11 is 0. The van der Waals surface area contributed by atoms with Gasteiger partial charge in [-0.3, -0.25) is 0 Å². The minimum Gasteiger partial charge on any atom is -1.00 e. The van der Waals surface area contributed by atoms with Crippen molar-refractivity contribution in [2.75, 3.05) is 26.2 Å². The fourth-order valence-corrected chi connectivity index (χ4v) is 3.75. The van der Waals surface area contributed by atoms with Crippen LogP contribution < -0.4 is 24.0 Å². The van der Waals surface area contributed by atoms with E-state index in [-0.39, 0.29) is 24.0 Å². The van der Waals surface area contributed by atoms with E-state index < -0.39 is 0 Å². The SMILES string of the molecule is CC1(C)CC(N2CCCC2)=CC(=[N+]2CCCC2)C1.[I-]. The first-order valence-electron chi connectivity index (χ1n) is 7.70. The molecule has 3 rings (SSSR count). The van der Waals surface area contributed by atoms with Gasteiger partial charge in [0.15, 0.2) is 5.71 Å². The molecule has 1 aliphatic carbocycles. The summed E-state index contributed by atoms with van der Waals surface area (Å²) in [5.41, 5.74) is 3.68. The number of nitrogens with zero attached hydrogens (tertiary/aromatic N) is 2. The van der Waals surface area contributed by atoms with Gasteiger partial charge in [0.25, 0.3) is 0 Å². The van der Waals surface area contributed by atoms with Crippen LogP contribution in [0.1, 0.15) is 52.4 Å². The second kappa shape index (κ2) is 6.15. The molecule has 3 heteroatoms. The van der Waals surface area contributed by atoms with Gasteiger partial charge >= 0.3 is 0 Å². The molecule has 19 heavy (non-hydrogen) atoms. The van der Waals surface area contributed by atoms with E-state index in [4.69, 9.17) is 0 Å². The van der Waals surface area contributed by atoms with Crippen LogP contribution in [0.25, 0.3) is 0 Å². The first kappa shape index (κ1) is 15.3. The maximum atomic E-state index is 2.64. The third-order valence-electron chi connectivity index (χ3n) is 4.68. The highest BCUT2D eigenvalue weighted by atomic mass is 127. The molecule has 0 aromatic rings. The predicted octanol–water partition coefficient (Wildman–Crippen LogP) is 0.0374. The zero-order valence-corrected chi connectivity index (χ0v) is 14.6. The monoisotopic (exact) mass is 374 g/mol. The molecule has 108 valence electrons. The Bertz CT molecular complexity index is 382. The molecule has 0 unspecified atom stereocenters. The smallest absolute Gasteiger partial charge is 0.178 e. The summed E-state index contributed by atoms with van der Waals surface area (Å²) in [7, 11) is 0. The summed E-state index contributed by atoms with van der Waals surface area (Å²) in [6, 6.07) is 0. The van der Waals surface area contributed by atoms with Crippen molar-refractivity contribution in [2.24, 2.45) is 5.41 Å². The third kappa shape index (κ3) is 3.53. The number of hydrogen-bond acceptors (Lipinski definition) is 1. The first-order chi connectivity index (χ1) is 8.64. The molecule has 0 spiro atoms.